The SMILES string of the molecule is CC(=O)/C=C(/C)O.[Ir].[c-]1cc2c(cc1N1[CH-]N(c3ccccc3)c3ccccc31)c1cccc3c4ccccc4n2c13. The monoisotopic (exact) mass is 726 g/mol. The molecule has 0 saturated carbocycles. The molecule has 0 amide bonds. The molecule has 0 fully saturated rings. The number of anilines is 4. The van der Waals surface area contributed by atoms with E-state index in [1.807, 2.05) is 0 Å². The number of fused-ring (bicyclic) bond motifs is 7. The maximum Gasteiger partial charge on any atom is 0.155 e. The molecule has 0 unspecified atom stereocenters. The molecule has 1 aliphatic rings. The Morgan fingerprint density at radius 1 is 0.738 bits per heavy atom. The van der Waals surface area contributed by atoms with Gasteiger partial charge in [0, 0.05) is 65.0 Å². The van der Waals surface area contributed by atoms with Crippen molar-refractivity contribution in [3.05, 3.63) is 134 Å². The average Bonchev–Trinajstić information content (AvgIpc) is 3.64. The Balaban J connectivity index is 0.000000356. The van der Waals surface area contributed by atoms with Gasteiger partial charge in [0.2, 0.25) is 0 Å². The molecule has 1 aliphatic heterocycles. The molecule has 3 heterocycles. The van der Waals surface area contributed by atoms with Crippen LogP contribution in [0.5, 0.6) is 0 Å². The largest absolute Gasteiger partial charge is 0.512 e. The number of allylic oxidation sites excluding steroid dienone is 2. The van der Waals surface area contributed by atoms with Crippen molar-refractivity contribution in [1.29, 1.82) is 0 Å². The Morgan fingerprint density at radius 2 is 1.36 bits per heavy atom. The minimum atomic E-state index is -0.125. The molecule has 0 aliphatic carbocycles. The summed E-state index contributed by atoms with van der Waals surface area (Å²) in [5.41, 5.74) is 8.25. The molecule has 1 N–H and O–H groups in total. The van der Waals surface area contributed by atoms with Crippen LogP contribution < -0.4 is 9.80 Å². The molecular weight excluding hydrogens is 699 g/mol. The fourth-order valence-corrected chi connectivity index (χ4v) is 5.89. The quantitative estimate of drug-likeness (QED) is 0.112. The third kappa shape index (κ3) is 4.50. The van der Waals surface area contributed by atoms with E-state index in [-0.39, 0.29) is 31.6 Å². The van der Waals surface area contributed by atoms with Crippen molar-refractivity contribution in [2.75, 3.05) is 9.80 Å². The first-order valence-corrected chi connectivity index (χ1v) is 13.6. The maximum absolute atomic E-state index is 10.0. The zero-order chi connectivity index (χ0) is 28.1. The summed E-state index contributed by atoms with van der Waals surface area (Å²) in [5.74, 6) is -0.0625. The number of para-hydroxylation sites is 5. The van der Waals surface area contributed by atoms with Crippen molar-refractivity contribution < 1.29 is 30.0 Å². The van der Waals surface area contributed by atoms with Crippen LogP contribution in [0.4, 0.5) is 22.7 Å². The van der Waals surface area contributed by atoms with E-state index in [0.29, 0.717) is 0 Å². The van der Waals surface area contributed by atoms with Crippen LogP contribution in [0.3, 0.4) is 0 Å². The van der Waals surface area contributed by atoms with E-state index in [2.05, 4.69) is 136 Å². The first-order valence-electron chi connectivity index (χ1n) is 13.6. The number of carbonyl (C=O) groups is 1. The molecule has 0 spiro atoms. The van der Waals surface area contributed by atoms with Gasteiger partial charge < -0.3 is 19.3 Å². The van der Waals surface area contributed by atoms with Gasteiger partial charge in [-0.25, -0.2) is 0 Å². The summed E-state index contributed by atoms with van der Waals surface area (Å²) in [6.45, 7) is 5.02. The third-order valence-electron chi connectivity index (χ3n) is 7.48. The molecule has 7 aromatic rings. The van der Waals surface area contributed by atoms with Crippen LogP contribution in [0.15, 0.2) is 121 Å². The fraction of sp³-hybridized carbons (Fsp3) is 0.0556. The predicted octanol–water partition coefficient (Wildman–Crippen LogP) is 9.08. The third-order valence-corrected chi connectivity index (χ3v) is 7.48. The number of nitrogens with zero attached hydrogens (tertiary/aromatic N) is 3. The second-order valence-corrected chi connectivity index (χ2v) is 10.2. The Kier molecular flexibility index (Phi) is 7.19. The zero-order valence-corrected chi connectivity index (χ0v) is 25.5. The van der Waals surface area contributed by atoms with Crippen LogP contribution >= 0.6 is 0 Å². The predicted molar refractivity (Wildman–Crippen MR) is 168 cm³/mol. The van der Waals surface area contributed by atoms with E-state index in [1.54, 1.807) is 0 Å². The summed E-state index contributed by atoms with van der Waals surface area (Å²) in [6, 6.07) is 42.4. The van der Waals surface area contributed by atoms with E-state index >= 15 is 0 Å². The molecule has 42 heavy (non-hydrogen) atoms. The van der Waals surface area contributed by atoms with Gasteiger partial charge in [-0.1, -0.05) is 72.2 Å². The van der Waals surface area contributed by atoms with Crippen LogP contribution in [0.1, 0.15) is 13.8 Å². The van der Waals surface area contributed by atoms with Crippen LogP contribution in [-0.2, 0) is 24.9 Å². The number of benzene rings is 5. The van der Waals surface area contributed by atoms with Crippen LogP contribution in [-0.4, -0.2) is 15.3 Å². The number of rotatable bonds is 3. The Hall–Kier alpha value is -4.64. The van der Waals surface area contributed by atoms with E-state index < -0.39 is 0 Å². The summed E-state index contributed by atoms with van der Waals surface area (Å²) in [6.07, 6.45) is 1.17. The molecule has 209 valence electrons. The molecule has 0 saturated heterocycles. The summed E-state index contributed by atoms with van der Waals surface area (Å²) in [7, 11) is 0. The van der Waals surface area contributed by atoms with Crippen molar-refractivity contribution in [3.8, 4) is 0 Å². The molecular formula is C36H27IrN3O2-2. The summed E-state index contributed by atoms with van der Waals surface area (Å²) < 4.78 is 2.40. The molecule has 2 aromatic heterocycles. The van der Waals surface area contributed by atoms with Gasteiger partial charge in [0.05, 0.1) is 5.76 Å². The topological polar surface area (TPSA) is 48.2 Å². The Labute approximate surface area is 257 Å². The number of hydrogen-bond acceptors (Lipinski definition) is 4. The van der Waals surface area contributed by atoms with Gasteiger partial charge in [-0.3, -0.25) is 4.79 Å². The number of aromatic nitrogens is 1. The van der Waals surface area contributed by atoms with Gasteiger partial charge in [0.1, 0.15) is 0 Å². The van der Waals surface area contributed by atoms with E-state index in [9.17, 15) is 4.79 Å². The van der Waals surface area contributed by atoms with E-state index in [1.165, 1.54) is 63.7 Å². The maximum atomic E-state index is 10.0. The second-order valence-electron chi connectivity index (χ2n) is 10.2. The summed E-state index contributed by atoms with van der Waals surface area (Å²) in [4.78, 5) is 14.5. The number of aliphatic hydroxyl groups is 1. The number of aliphatic hydroxyl groups excluding tert-OH is 1. The van der Waals surface area contributed by atoms with Crippen molar-refractivity contribution in [3.63, 3.8) is 0 Å². The fourth-order valence-electron chi connectivity index (χ4n) is 5.89. The van der Waals surface area contributed by atoms with Crippen LogP contribution in [0.2, 0.25) is 0 Å². The van der Waals surface area contributed by atoms with Crippen molar-refractivity contribution >= 4 is 66.6 Å². The van der Waals surface area contributed by atoms with Gasteiger partial charge in [0.15, 0.2) is 5.78 Å². The van der Waals surface area contributed by atoms with Gasteiger partial charge in [-0.05, 0) is 49.6 Å². The molecule has 0 bridgehead atoms. The first-order chi connectivity index (χ1) is 20.0. The van der Waals surface area contributed by atoms with E-state index in [4.69, 9.17) is 5.11 Å². The van der Waals surface area contributed by atoms with Crippen molar-refractivity contribution in [2.45, 2.75) is 13.8 Å². The van der Waals surface area contributed by atoms with Crippen LogP contribution in [0, 0.1) is 12.7 Å². The first kappa shape index (κ1) is 27.5. The number of hydrogen-bond donors (Lipinski definition) is 1. The molecule has 6 heteroatoms. The van der Waals surface area contributed by atoms with Gasteiger partial charge >= 0.3 is 0 Å². The minimum Gasteiger partial charge on any atom is -0.512 e. The molecule has 8 rings (SSSR count). The zero-order valence-electron chi connectivity index (χ0n) is 23.1. The standard InChI is InChI=1S/C31H19N3.C5H8O2.Ir/c1-2-9-21(10-3-1)32-20-33(30-16-7-6-15-29(30)32)22-17-18-28-26(19-22)25-13-8-12-24-23-11-4-5-14-27(23)34(28)31(24)25;1-4(6)3-5(2)7;/h1-16,18-20H;3,6H,1-2H3;/q-2;;/b;4-3-;. The average molecular weight is 726 g/mol. The smallest absolute Gasteiger partial charge is 0.155 e. The minimum absolute atomic E-state index is 0. The molecule has 0 atom stereocenters. The van der Waals surface area contributed by atoms with Crippen LogP contribution in [0.25, 0.3) is 38.1 Å². The summed E-state index contributed by atoms with van der Waals surface area (Å²) in [5, 5.41) is 13.5. The van der Waals surface area contributed by atoms with Gasteiger partial charge in [-0.15, -0.1) is 23.8 Å². The summed E-state index contributed by atoms with van der Waals surface area (Å²) >= 11 is 0. The molecule has 5 nitrogen and oxygen atoms in total. The van der Waals surface area contributed by atoms with Crippen molar-refractivity contribution in [2.24, 2.45) is 0 Å². The number of carbonyl (C=O) groups excluding carboxylic acids is 1. The van der Waals surface area contributed by atoms with Gasteiger partial charge in [-0.2, -0.15) is 12.1 Å². The molecule has 1 radical (unpaired) electrons. The molecule has 5 aromatic carbocycles. The normalized spacial score (nSPS) is 13.0. The van der Waals surface area contributed by atoms with Gasteiger partial charge in [0.25, 0.3) is 0 Å². The van der Waals surface area contributed by atoms with Crippen molar-refractivity contribution in [1.82, 2.24) is 4.40 Å². The van der Waals surface area contributed by atoms with E-state index in [0.717, 1.165) is 17.1 Å². The second kappa shape index (κ2) is 11.0. The number of ketones is 1. The Bertz CT molecular complexity index is 2090. The Morgan fingerprint density at radius 3 is 2.05 bits per heavy atom.